The molecule has 1 aromatic carbocycles. The highest BCUT2D eigenvalue weighted by Crippen LogP contribution is 2.22. The van der Waals surface area contributed by atoms with E-state index in [1.807, 2.05) is 6.92 Å². The van der Waals surface area contributed by atoms with Crippen LogP contribution in [0.15, 0.2) is 24.3 Å². The van der Waals surface area contributed by atoms with E-state index in [4.69, 9.17) is 9.84 Å². The van der Waals surface area contributed by atoms with E-state index in [2.05, 4.69) is 5.32 Å². The smallest absolute Gasteiger partial charge is 0.341 e. The monoisotopic (exact) mass is 398 g/mol. The number of hydrogen-bond donors (Lipinski definition) is 2. The quantitative estimate of drug-likeness (QED) is 0.684. The van der Waals surface area contributed by atoms with Crippen molar-refractivity contribution in [1.29, 1.82) is 0 Å². The van der Waals surface area contributed by atoms with E-state index in [-0.39, 0.29) is 30.2 Å². The van der Waals surface area contributed by atoms with E-state index in [1.54, 1.807) is 31.2 Å². The molecule has 0 radical (unpaired) electrons. The summed E-state index contributed by atoms with van der Waals surface area (Å²) >= 11 is 0. The number of hydrogen-bond acceptors (Lipinski definition) is 5. The van der Waals surface area contributed by atoms with Crippen LogP contribution >= 0.6 is 0 Å². The van der Waals surface area contributed by atoms with Gasteiger partial charge in [0.05, 0.1) is 17.7 Å². The molecule has 27 heavy (non-hydrogen) atoms. The van der Waals surface area contributed by atoms with Gasteiger partial charge in [-0.1, -0.05) is 12.1 Å². The van der Waals surface area contributed by atoms with Gasteiger partial charge in [0.25, 0.3) is 0 Å². The van der Waals surface area contributed by atoms with Crippen LogP contribution in [0.25, 0.3) is 0 Å². The number of piperidine rings is 1. The zero-order valence-corrected chi connectivity index (χ0v) is 16.4. The van der Waals surface area contributed by atoms with Gasteiger partial charge in [0, 0.05) is 13.1 Å². The van der Waals surface area contributed by atoms with Crippen LogP contribution in [0.4, 0.5) is 0 Å². The first-order valence-electron chi connectivity index (χ1n) is 8.95. The number of aliphatic carboxylic acids is 1. The summed E-state index contributed by atoms with van der Waals surface area (Å²) in [7, 11) is -3.29. The highest BCUT2D eigenvalue weighted by Gasteiger charge is 2.31. The number of nitrogens with zero attached hydrogens (tertiary/aromatic N) is 1. The van der Waals surface area contributed by atoms with Crippen molar-refractivity contribution in [3.63, 3.8) is 0 Å². The molecule has 1 aliphatic rings. The largest absolute Gasteiger partial charge is 0.482 e. The standard InChI is InChI=1S/C18H26N2O6S/c1-3-27(24,25)20-10-4-5-15(11-20)18(23)19-13(2)14-6-8-16(9-7-14)26-12-17(21)22/h6-9,13,15H,3-5,10-12H2,1-2H3,(H,19,23)(H,21,22). The fraction of sp³-hybridized carbons (Fsp3) is 0.556. The molecule has 1 heterocycles. The van der Waals surface area contributed by atoms with Gasteiger partial charge in [0.2, 0.25) is 15.9 Å². The Morgan fingerprint density at radius 1 is 1.33 bits per heavy atom. The summed E-state index contributed by atoms with van der Waals surface area (Å²) < 4.78 is 30.6. The number of sulfonamides is 1. The first-order chi connectivity index (χ1) is 12.7. The van der Waals surface area contributed by atoms with Crippen LogP contribution in [0.5, 0.6) is 5.75 Å². The van der Waals surface area contributed by atoms with Gasteiger partial charge in [0.15, 0.2) is 6.61 Å². The molecule has 2 unspecified atom stereocenters. The lowest BCUT2D eigenvalue weighted by atomic mass is 9.98. The van der Waals surface area contributed by atoms with Crippen LogP contribution in [-0.4, -0.2) is 55.2 Å². The third-order valence-corrected chi connectivity index (χ3v) is 6.46. The lowest BCUT2D eigenvalue weighted by Gasteiger charge is -2.31. The minimum atomic E-state index is -3.29. The van der Waals surface area contributed by atoms with Gasteiger partial charge >= 0.3 is 5.97 Å². The van der Waals surface area contributed by atoms with Crippen molar-refractivity contribution in [3.8, 4) is 5.75 Å². The highest BCUT2D eigenvalue weighted by molar-refractivity contribution is 7.89. The Morgan fingerprint density at radius 3 is 2.59 bits per heavy atom. The molecule has 0 saturated carbocycles. The van der Waals surface area contributed by atoms with Gasteiger partial charge in [0.1, 0.15) is 5.75 Å². The van der Waals surface area contributed by atoms with Gasteiger partial charge in [-0.2, -0.15) is 0 Å². The van der Waals surface area contributed by atoms with Crippen molar-refractivity contribution in [2.24, 2.45) is 5.92 Å². The zero-order valence-electron chi connectivity index (χ0n) is 15.6. The molecule has 1 fully saturated rings. The average Bonchev–Trinajstić information content (AvgIpc) is 2.66. The van der Waals surface area contributed by atoms with Crippen molar-refractivity contribution in [1.82, 2.24) is 9.62 Å². The molecule has 150 valence electrons. The molecule has 0 spiro atoms. The topological polar surface area (TPSA) is 113 Å². The highest BCUT2D eigenvalue weighted by atomic mass is 32.2. The van der Waals surface area contributed by atoms with E-state index < -0.39 is 22.6 Å². The fourth-order valence-electron chi connectivity index (χ4n) is 3.00. The van der Waals surface area contributed by atoms with Crippen molar-refractivity contribution in [2.75, 3.05) is 25.4 Å². The number of nitrogens with one attached hydrogen (secondary N) is 1. The predicted molar refractivity (Wildman–Crippen MR) is 99.9 cm³/mol. The second-order valence-electron chi connectivity index (χ2n) is 6.58. The summed E-state index contributed by atoms with van der Waals surface area (Å²) in [4.78, 5) is 23.1. The summed E-state index contributed by atoms with van der Waals surface area (Å²) in [5, 5.41) is 11.5. The number of carboxylic acid groups (broad SMARTS) is 1. The van der Waals surface area contributed by atoms with Crippen LogP contribution in [0, 0.1) is 5.92 Å². The van der Waals surface area contributed by atoms with Crippen LogP contribution < -0.4 is 10.1 Å². The lowest BCUT2D eigenvalue weighted by molar-refractivity contribution is -0.139. The molecule has 1 aliphatic heterocycles. The molecule has 1 aromatic rings. The van der Waals surface area contributed by atoms with Crippen LogP contribution in [0.3, 0.4) is 0 Å². The van der Waals surface area contributed by atoms with E-state index in [1.165, 1.54) is 4.31 Å². The molecule has 1 saturated heterocycles. The van der Waals surface area contributed by atoms with Crippen molar-refractivity contribution in [2.45, 2.75) is 32.7 Å². The van der Waals surface area contributed by atoms with Gasteiger partial charge in [-0.25, -0.2) is 17.5 Å². The molecular weight excluding hydrogens is 372 g/mol. The van der Waals surface area contributed by atoms with E-state index in [0.29, 0.717) is 25.1 Å². The van der Waals surface area contributed by atoms with Crippen LogP contribution in [-0.2, 0) is 19.6 Å². The van der Waals surface area contributed by atoms with Crippen molar-refractivity contribution >= 4 is 21.9 Å². The Morgan fingerprint density at radius 2 is 2.00 bits per heavy atom. The number of carbonyl (C=O) groups is 2. The summed E-state index contributed by atoms with van der Waals surface area (Å²) in [6.45, 7) is 3.72. The maximum atomic E-state index is 12.6. The summed E-state index contributed by atoms with van der Waals surface area (Å²) in [5.74, 6) is -1.10. The Labute approximate surface area is 159 Å². The number of carbonyl (C=O) groups excluding carboxylic acids is 1. The summed E-state index contributed by atoms with van der Waals surface area (Å²) in [6.07, 6.45) is 1.33. The average molecular weight is 398 g/mol. The van der Waals surface area contributed by atoms with Crippen molar-refractivity contribution < 1.29 is 27.9 Å². The van der Waals surface area contributed by atoms with Crippen LogP contribution in [0.1, 0.15) is 38.3 Å². The summed E-state index contributed by atoms with van der Waals surface area (Å²) in [6, 6.07) is 6.56. The molecule has 1 amide bonds. The van der Waals surface area contributed by atoms with E-state index >= 15 is 0 Å². The third kappa shape index (κ3) is 5.93. The van der Waals surface area contributed by atoms with Crippen molar-refractivity contribution in [3.05, 3.63) is 29.8 Å². The number of ether oxygens (including phenoxy) is 1. The molecule has 0 aromatic heterocycles. The minimum absolute atomic E-state index is 0.0358. The molecular formula is C18H26N2O6S. The van der Waals surface area contributed by atoms with E-state index in [9.17, 15) is 18.0 Å². The lowest BCUT2D eigenvalue weighted by Crippen LogP contribution is -2.46. The fourth-order valence-corrected chi connectivity index (χ4v) is 4.18. The molecule has 0 aliphatic carbocycles. The predicted octanol–water partition coefficient (Wildman–Crippen LogP) is 1.39. The minimum Gasteiger partial charge on any atom is -0.482 e. The van der Waals surface area contributed by atoms with Gasteiger partial charge in [-0.15, -0.1) is 0 Å². The Balaban J connectivity index is 1.93. The maximum Gasteiger partial charge on any atom is 0.341 e. The van der Waals surface area contributed by atoms with Gasteiger partial charge < -0.3 is 15.2 Å². The molecule has 8 nitrogen and oxygen atoms in total. The Hall–Kier alpha value is -2.13. The Kier molecular flexibility index (Phi) is 7.20. The Bertz CT molecular complexity index is 763. The van der Waals surface area contributed by atoms with Gasteiger partial charge in [-0.05, 0) is 44.4 Å². The second kappa shape index (κ2) is 9.18. The second-order valence-corrected chi connectivity index (χ2v) is 8.84. The SMILES string of the molecule is CCS(=O)(=O)N1CCCC(C(=O)NC(C)c2ccc(OCC(=O)O)cc2)C1. The number of benzene rings is 1. The molecule has 9 heteroatoms. The first-order valence-corrected chi connectivity index (χ1v) is 10.6. The number of rotatable bonds is 8. The number of carboxylic acids is 1. The third-order valence-electron chi connectivity index (χ3n) is 4.61. The normalized spacial score (nSPS) is 19.3. The first kappa shape index (κ1) is 21.2. The molecule has 2 rings (SSSR count). The van der Waals surface area contributed by atoms with E-state index in [0.717, 1.165) is 5.56 Å². The van der Waals surface area contributed by atoms with Gasteiger partial charge in [-0.3, -0.25) is 4.79 Å². The molecule has 2 N–H and O–H groups in total. The zero-order chi connectivity index (χ0) is 20.0. The molecule has 2 atom stereocenters. The summed E-state index contributed by atoms with van der Waals surface area (Å²) in [5.41, 5.74) is 0.847. The maximum absolute atomic E-state index is 12.6. The molecule has 0 bridgehead atoms. The van der Waals surface area contributed by atoms with Crippen LogP contribution in [0.2, 0.25) is 0 Å². The number of amides is 1.